The van der Waals surface area contributed by atoms with Crippen molar-refractivity contribution in [3.63, 3.8) is 0 Å². The Morgan fingerprint density at radius 3 is 2.41 bits per heavy atom. The van der Waals surface area contributed by atoms with Gasteiger partial charge in [-0.15, -0.1) is 0 Å². The molecular weight excluding hydrogens is 282 g/mol. The number of nitrogens with one attached hydrogen (secondary N) is 1. The fourth-order valence-electron chi connectivity index (χ4n) is 2.92. The molecule has 1 aliphatic carbocycles. The van der Waals surface area contributed by atoms with E-state index >= 15 is 0 Å². The molecule has 126 valence electrons. The zero-order chi connectivity index (χ0) is 16.9. The Bertz CT molecular complexity index is 419. The summed E-state index contributed by atoms with van der Waals surface area (Å²) in [6.07, 6.45) is 1.88. The monoisotopic (exact) mass is 311 g/mol. The Morgan fingerprint density at radius 2 is 1.91 bits per heavy atom. The SMILES string of the molecule is C=C(C)C(=O)NC(OC)C(=O)OC1CC(C)CCC1C(C)C. The lowest BCUT2D eigenvalue weighted by molar-refractivity contribution is -0.170. The van der Waals surface area contributed by atoms with Crippen molar-refractivity contribution in [3.8, 4) is 0 Å². The molecule has 1 saturated carbocycles. The van der Waals surface area contributed by atoms with Gasteiger partial charge in [0.25, 0.3) is 0 Å². The molecule has 1 rings (SSSR count). The van der Waals surface area contributed by atoms with Gasteiger partial charge in [0.1, 0.15) is 6.10 Å². The third kappa shape index (κ3) is 5.13. The maximum atomic E-state index is 12.3. The number of esters is 1. The van der Waals surface area contributed by atoms with Gasteiger partial charge in [0.05, 0.1) is 0 Å². The van der Waals surface area contributed by atoms with Gasteiger partial charge in [-0.1, -0.05) is 33.8 Å². The summed E-state index contributed by atoms with van der Waals surface area (Å²) in [7, 11) is 1.37. The fraction of sp³-hybridized carbons (Fsp3) is 0.765. The van der Waals surface area contributed by atoms with E-state index in [0.717, 1.165) is 19.3 Å². The number of carbonyl (C=O) groups excluding carboxylic acids is 2. The topological polar surface area (TPSA) is 64.6 Å². The molecule has 5 nitrogen and oxygen atoms in total. The van der Waals surface area contributed by atoms with Crippen LogP contribution in [-0.4, -0.2) is 31.3 Å². The summed E-state index contributed by atoms with van der Waals surface area (Å²) in [5.41, 5.74) is 0.321. The van der Waals surface area contributed by atoms with E-state index in [0.29, 0.717) is 23.3 Å². The Balaban J connectivity index is 2.70. The van der Waals surface area contributed by atoms with Gasteiger partial charge in [0.15, 0.2) is 0 Å². The Kier molecular flexibility index (Phi) is 7.07. The maximum absolute atomic E-state index is 12.3. The van der Waals surface area contributed by atoms with Crippen LogP contribution in [0, 0.1) is 17.8 Å². The van der Waals surface area contributed by atoms with Gasteiger partial charge in [0, 0.05) is 12.7 Å². The van der Waals surface area contributed by atoms with Crippen LogP contribution in [0.15, 0.2) is 12.2 Å². The first-order valence-corrected chi connectivity index (χ1v) is 7.95. The van der Waals surface area contributed by atoms with Gasteiger partial charge in [-0.25, -0.2) is 4.79 Å². The van der Waals surface area contributed by atoms with Crippen LogP contribution in [0.25, 0.3) is 0 Å². The molecule has 4 atom stereocenters. The molecule has 0 aromatic carbocycles. The maximum Gasteiger partial charge on any atom is 0.356 e. The highest BCUT2D eigenvalue weighted by Gasteiger charge is 2.35. The Morgan fingerprint density at radius 1 is 1.27 bits per heavy atom. The quantitative estimate of drug-likeness (QED) is 0.465. The van der Waals surface area contributed by atoms with E-state index in [-0.39, 0.29) is 6.10 Å². The number of ether oxygens (including phenoxy) is 2. The van der Waals surface area contributed by atoms with Crippen LogP contribution in [0.4, 0.5) is 0 Å². The van der Waals surface area contributed by atoms with E-state index in [1.54, 1.807) is 6.92 Å². The molecule has 5 heteroatoms. The number of hydrogen-bond acceptors (Lipinski definition) is 4. The predicted molar refractivity (Wildman–Crippen MR) is 85.0 cm³/mol. The molecule has 0 aromatic rings. The number of carbonyl (C=O) groups is 2. The average Bonchev–Trinajstić information content (AvgIpc) is 2.43. The first-order valence-electron chi connectivity index (χ1n) is 7.95. The molecule has 0 aromatic heterocycles. The van der Waals surface area contributed by atoms with Gasteiger partial charge in [-0.05, 0) is 37.5 Å². The second-order valence-electron chi connectivity index (χ2n) is 6.67. The van der Waals surface area contributed by atoms with E-state index in [1.165, 1.54) is 7.11 Å². The highest BCUT2D eigenvalue weighted by molar-refractivity contribution is 5.94. The van der Waals surface area contributed by atoms with Crippen molar-refractivity contribution in [1.29, 1.82) is 0 Å². The summed E-state index contributed by atoms with van der Waals surface area (Å²) in [6.45, 7) is 11.6. The van der Waals surface area contributed by atoms with E-state index < -0.39 is 18.1 Å². The van der Waals surface area contributed by atoms with Crippen LogP contribution in [-0.2, 0) is 19.1 Å². The number of amides is 1. The van der Waals surface area contributed by atoms with Crippen molar-refractivity contribution in [2.45, 2.75) is 59.3 Å². The number of rotatable bonds is 6. The van der Waals surface area contributed by atoms with Gasteiger partial charge < -0.3 is 14.8 Å². The minimum absolute atomic E-state index is 0.115. The summed E-state index contributed by atoms with van der Waals surface area (Å²) in [6, 6.07) is 0. The lowest BCUT2D eigenvalue weighted by Gasteiger charge is -2.37. The summed E-state index contributed by atoms with van der Waals surface area (Å²) < 4.78 is 10.7. The molecule has 0 spiro atoms. The summed E-state index contributed by atoms with van der Waals surface area (Å²) in [4.78, 5) is 23.9. The zero-order valence-electron chi connectivity index (χ0n) is 14.3. The smallest absolute Gasteiger partial charge is 0.356 e. The average molecular weight is 311 g/mol. The van der Waals surface area contributed by atoms with Crippen molar-refractivity contribution in [2.75, 3.05) is 7.11 Å². The minimum Gasteiger partial charge on any atom is -0.459 e. The molecule has 0 heterocycles. The predicted octanol–water partition coefficient (Wildman–Crippen LogP) is 2.66. The molecule has 0 bridgehead atoms. The van der Waals surface area contributed by atoms with Crippen molar-refractivity contribution >= 4 is 11.9 Å². The van der Waals surface area contributed by atoms with Crippen molar-refractivity contribution in [1.82, 2.24) is 5.32 Å². The zero-order valence-corrected chi connectivity index (χ0v) is 14.3. The van der Waals surface area contributed by atoms with Gasteiger partial charge in [0.2, 0.25) is 12.1 Å². The normalized spacial score (nSPS) is 26.4. The van der Waals surface area contributed by atoms with Crippen LogP contribution in [0.5, 0.6) is 0 Å². The van der Waals surface area contributed by atoms with E-state index in [4.69, 9.17) is 9.47 Å². The Hall–Kier alpha value is -1.36. The highest BCUT2D eigenvalue weighted by atomic mass is 16.6. The van der Waals surface area contributed by atoms with E-state index in [1.807, 2.05) is 0 Å². The standard InChI is InChI=1S/C17H29NO4/c1-10(2)13-8-7-12(5)9-14(13)22-17(20)16(21-6)18-15(19)11(3)4/h10,12-14,16H,3,7-9H2,1-2,4-6H3,(H,18,19). The van der Waals surface area contributed by atoms with Gasteiger partial charge in [-0.3, -0.25) is 4.79 Å². The van der Waals surface area contributed by atoms with Crippen LogP contribution >= 0.6 is 0 Å². The minimum atomic E-state index is -1.09. The third-order valence-corrected chi connectivity index (χ3v) is 4.33. The largest absolute Gasteiger partial charge is 0.459 e. The van der Waals surface area contributed by atoms with E-state index in [2.05, 4.69) is 32.7 Å². The molecule has 1 amide bonds. The third-order valence-electron chi connectivity index (χ3n) is 4.33. The van der Waals surface area contributed by atoms with Crippen LogP contribution in [0.3, 0.4) is 0 Å². The van der Waals surface area contributed by atoms with Gasteiger partial charge >= 0.3 is 5.97 Å². The fourth-order valence-corrected chi connectivity index (χ4v) is 2.92. The number of hydrogen-bond donors (Lipinski definition) is 1. The van der Waals surface area contributed by atoms with Crippen molar-refractivity contribution in [2.24, 2.45) is 17.8 Å². The lowest BCUT2D eigenvalue weighted by Crippen LogP contribution is -2.46. The Labute approximate surface area is 133 Å². The summed E-state index contributed by atoms with van der Waals surface area (Å²) in [5.74, 6) is 0.396. The number of methoxy groups -OCH3 is 1. The molecule has 0 aliphatic heterocycles. The molecule has 0 radical (unpaired) electrons. The first-order chi connectivity index (χ1) is 10.3. The molecule has 4 unspecified atom stereocenters. The first kappa shape index (κ1) is 18.7. The van der Waals surface area contributed by atoms with Crippen LogP contribution < -0.4 is 5.32 Å². The summed E-state index contributed by atoms with van der Waals surface area (Å²) >= 11 is 0. The second-order valence-corrected chi connectivity index (χ2v) is 6.67. The summed E-state index contributed by atoms with van der Waals surface area (Å²) in [5, 5.41) is 2.48. The molecule has 22 heavy (non-hydrogen) atoms. The van der Waals surface area contributed by atoms with E-state index in [9.17, 15) is 9.59 Å². The van der Waals surface area contributed by atoms with Crippen LogP contribution in [0.1, 0.15) is 47.0 Å². The van der Waals surface area contributed by atoms with Crippen molar-refractivity contribution in [3.05, 3.63) is 12.2 Å². The molecule has 1 aliphatic rings. The highest BCUT2D eigenvalue weighted by Crippen LogP contribution is 2.35. The van der Waals surface area contributed by atoms with Gasteiger partial charge in [-0.2, -0.15) is 0 Å². The van der Waals surface area contributed by atoms with Crippen molar-refractivity contribution < 1.29 is 19.1 Å². The molecule has 1 N–H and O–H groups in total. The molecule has 0 saturated heterocycles. The molecule has 1 fully saturated rings. The van der Waals surface area contributed by atoms with Crippen LogP contribution in [0.2, 0.25) is 0 Å². The second kappa shape index (κ2) is 8.32. The lowest BCUT2D eigenvalue weighted by atomic mass is 9.75. The molecular formula is C17H29NO4.